The van der Waals surface area contributed by atoms with Gasteiger partial charge in [-0.05, 0) is 32.3 Å². The molecule has 0 fully saturated rings. The Balaban J connectivity index is 2.52. The smallest absolute Gasteiger partial charge is 0.137 e. The molecular weight excluding hydrogens is 196 g/mol. The van der Waals surface area contributed by atoms with Gasteiger partial charge >= 0.3 is 0 Å². The minimum absolute atomic E-state index is 0.326. The summed E-state index contributed by atoms with van der Waals surface area (Å²) in [6.07, 6.45) is 4.95. The average Bonchev–Trinajstić information content (AvgIpc) is 2.16. The van der Waals surface area contributed by atoms with E-state index in [4.69, 9.17) is 0 Å². The van der Waals surface area contributed by atoms with E-state index >= 15 is 0 Å². The number of unbranched alkanes of at least 4 members (excludes halogenated alkanes) is 1. The zero-order chi connectivity index (χ0) is 12.0. The van der Waals surface area contributed by atoms with Crippen molar-refractivity contribution in [3.05, 3.63) is 47.5 Å². The lowest BCUT2D eigenvalue weighted by Gasteiger charge is -2.04. The van der Waals surface area contributed by atoms with Crippen molar-refractivity contribution in [3.8, 4) is 0 Å². The maximum Gasteiger partial charge on any atom is 0.137 e. The van der Waals surface area contributed by atoms with Gasteiger partial charge in [-0.3, -0.25) is 4.79 Å². The van der Waals surface area contributed by atoms with Crippen LogP contribution in [0.2, 0.25) is 0 Å². The SMILES string of the molecule is C=CCCCC(=O)Cc1cc(C)cc(C)c1. The van der Waals surface area contributed by atoms with Gasteiger partial charge in [-0.1, -0.05) is 35.4 Å². The van der Waals surface area contributed by atoms with Crippen LogP contribution in [0.4, 0.5) is 0 Å². The van der Waals surface area contributed by atoms with Gasteiger partial charge in [0.15, 0.2) is 0 Å². The van der Waals surface area contributed by atoms with Gasteiger partial charge in [-0.2, -0.15) is 0 Å². The summed E-state index contributed by atoms with van der Waals surface area (Å²) in [6, 6.07) is 6.32. The lowest BCUT2D eigenvalue weighted by atomic mass is 10.0. The zero-order valence-corrected chi connectivity index (χ0v) is 10.3. The van der Waals surface area contributed by atoms with Crippen LogP contribution in [0.1, 0.15) is 36.0 Å². The summed E-state index contributed by atoms with van der Waals surface area (Å²) in [5.41, 5.74) is 3.60. The van der Waals surface area contributed by atoms with E-state index < -0.39 is 0 Å². The number of hydrogen-bond donors (Lipinski definition) is 0. The lowest BCUT2D eigenvalue weighted by Crippen LogP contribution is -2.02. The van der Waals surface area contributed by atoms with Gasteiger partial charge in [0.2, 0.25) is 0 Å². The molecule has 0 aliphatic rings. The predicted molar refractivity (Wildman–Crippen MR) is 68.7 cm³/mol. The number of allylic oxidation sites excluding steroid dienone is 1. The standard InChI is InChI=1S/C15H20O/c1-4-5-6-7-15(16)11-14-9-12(2)8-13(3)10-14/h4,8-10H,1,5-7,11H2,2-3H3. The van der Waals surface area contributed by atoms with E-state index in [2.05, 4.69) is 38.6 Å². The van der Waals surface area contributed by atoms with E-state index in [-0.39, 0.29) is 0 Å². The monoisotopic (exact) mass is 216 g/mol. The quantitative estimate of drug-likeness (QED) is 0.522. The third-order valence-corrected chi connectivity index (χ3v) is 2.55. The fraction of sp³-hybridized carbons (Fsp3) is 0.400. The normalized spacial score (nSPS) is 10.1. The Morgan fingerprint density at radius 3 is 2.44 bits per heavy atom. The second-order valence-electron chi connectivity index (χ2n) is 4.39. The minimum atomic E-state index is 0.326. The van der Waals surface area contributed by atoms with Gasteiger partial charge in [0.25, 0.3) is 0 Å². The molecule has 0 atom stereocenters. The second-order valence-corrected chi connectivity index (χ2v) is 4.39. The topological polar surface area (TPSA) is 17.1 Å². The largest absolute Gasteiger partial charge is 0.299 e. The molecule has 0 saturated heterocycles. The molecule has 0 aliphatic carbocycles. The van der Waals surface area contributed by atoms with Crippen LogP contribution in [0.3, 0.4) is 0 Å². The van der Waals surface area contributed by atoms with E-state index in [0.29, 0.717) is 18.6 Å². The molecule has 1 aromatic carbocycles. The highest BCUT2D eigenvalue weighted by Gasteiger charge is 2.04. The van der Waals surface area contributed by atoms with E-state index in [1.54, 1.807) is 0 Å². The Labute approximate surface area is 98.2 Å². The van der Waals surface area contributed by atoms with Crippen LogP contribution in [0.25, 0.3) is 0 Å². The first kappa shape index (κ1) is 12.7. The Hall–Kier alpha value is -1.37. The summed E-state index contributed by atoms with van der Waals surface area (Å²) < 4.78 is 0. The molecule has 1 nitrogen and oxygen atoms in total. The van der Waals surface area contributed by atoms with Crippen molar-refractivity contribution in [1.29, 1.82) is 0 Å². The van der Waals surface area contributed by atoms with Crippen molar-refractivity contribution in [3.63, 3.8) is 0 Å². The molecule has 16 heavy (non-hydrogen) atoms. The van der Waals surface area contributed by atoms with Gasteiger partial charge in [-0.15, -0.1) is 6.58 Å². The highest BCUT2D eigenvalue weighted by Crippen LogP contribution is 2.11. The molecule has 86 valence electrons. The summed E-state index contributed by atoms with van der Waals surface area (Å²) in [5.74, 6) is 0.326. The zero-order valence-electron chi connectivity index (χ0n) is 10.3. The van der Waals surface area contributed by atoms with Crippen molar-refractivity contribution in [2.75, 3.05) is 0 Å². The van der Waals surface area contributed by atoms with Gasteiger partial charge in [0, 0.05) is 12.8 Å². The van der Waals surface area contributed by atoms with Crippen molar-refractivity contribution in [2.24, 2.45) is 0 Å². The molecule has 1 rings (SSSR count). The number of ketones is 1. The lowest BCUT2D eigenvalue weighted by molar-refractivity contribution is -0.118. The summed E-state index contributed by atoms with van der Waals surface area (Å²) in [7, 11) is 0. The molecule has 0 spiro atoms. The first-order valence-corrected chi connectivity index (χ1v) is 5.81. The van der Waals surface area contributed by atoms with Crippen LogP contribution >= 0.6 is 0 Å². The fourth-order valence-electron chi connectivity index (χ4n) is 1.93. The molecule has 0 unspecified atom stereocenters. The number of carbonyl (C=O) groups is 1. The molecule has 0 radical (unpaired) electrons. The molecule has 0 bridgehead atoms. The van der Waals surface area contributed by atoms with Crippen LogP contribution < -0.4 is 0 Å². The summed E-state index contributed by atoms with van der Waals surface area (Å²) in [4.78, 5) is 11.7. The molecule has 1 heteroatoms. The number of carbonyl (C=O) groups excluding carboxylic acids is 1. The number of aryl methyl sites for hydroxylation is 2. The number of hydrogen-bond acceptors (Lipinski definition) is 1. The maximum atomic E-state index is 11.7. The van der Waals surface area contributed by atoms with Gasteiger partial charge < -0.3 is 0 Å². The molecular formula is C15H20O. The molecule has 0 aromatic heterocycles. The molecule has 0 aliphatic heterocycles. The highest BCUT2D eigenvalue weighted by atomic mass is 16.1. The Morgan fingerprint density at radius 1 is 1.25 bits per heavy atom. The van der Waals surface area contributed by atoms with Crippen molar-refractivity contribution in [2.45, 2.75) is 39.5 Å². The van der Waals surface area contributed by atoms with E-state index in [1.807, 2.05) is 6.08 Å². The summed E-state index contributed by atoms with van der Waals surface area (Å²) in [6.45, 7) is 7.79. The number of benzene rings is 1. The molecule has 0 saturated carbocycles. The summed E-state index contributed by atoms with van der Waals surface area (Å²) >= 11 is 0. The van der Waals surface area contributed by atoms with Crippen LogP contribution in [0.5, 0.6) is 0 Å². The van der Waals surface area contributed by atoms with Crippen LogP contribution in [0, 0.1) is 13.8 Å². The predicted octanol–water partition coefficient (Wildman–Crippen LogP) is 3.77. The number of rotatable bonds is 6. The maximum absolute atomic E-state index is 11.7. The molecule has 0 heterocycles. The molecule has 1 aromatic rings. The van der Waals surface area contributed by atoms with Crippen LogP contribution in [-0.2, 0) is 11.2 Å². The Morgan fingerprint density at radius 2 is 1.88 bits per heavy atom. The van der Waals surface area contributed by atoms with Crippen molar-refractivity contribution in [1.82, 2.24) is 0 Å². The van der Waals surface area contributed by atoms with Gasteiger partial charge in [0.05, 0.1) is 0 Å². The highest BCUT2D eigenvalue weighted by molar-refractivity contribution is 5.80. The molecule has 0 N–H and O–H groups in total. The Kier molecular flexibility index (Phi) is 4.97. The van der Waals surface area contributed by atoms with Crippen LogP contribution in [-0.4, -0.2) is 5.78 Å². The van der Waals surface area contributed by atoms with Crippen molar-refractivity contribution < 1.29 is 4.79 Å². The second kappa shape index (κ2) is 6.26. The molecule has 0 amide bonds. The van der Waals surface area contributed by atoms with Gasteiger partial charge in [-0.25, -0.2) is 0 Å². The minimum Gasteiger partial charge on any atom is -0.299 e. The first-order chi connectivity index (χ1) is 7.61. The third-order valence-electron chi connectivity index (χ3n) is 2.55. The average molecular weight is 216 g/mol. The van der Waals surface area contributed by atoms with E-state index in [0.717, 1.165) is 18.4 Å². The third kappa shape index (κ3) is 4.43. The van der Waals surface area contributed by atoms with Gasteiger partial charge in [0.1, 0.15) is 5.78 Å². The summed E-state index contributed by atoms with van der Waals surface area (Å²) in [5, 5.41) is 0. The first-order valence-electron chi connectivity index (χ1n) is 5.81. The number of Topliss-reactive ketones (excluding diaryl/α,β-unsaturated/α-hetero) is 1. The van der Waals surface area contributed by atoms with E-state index in [1.165, 1.54) is 11.1 Å². The van der Waals surface area contributed by atoms with E-state index in [9.17, 15) is 4.79 Å². The Bertz CT molecular complexity index is 357. The van der Waals surface area contributed by atoms with Crippen molar-refractivity contribution >= 4 is 5.78 Å². The fourth-order valence-corrected chi connectivity index (χ4v) is 1.93. The van der Waals surface area contributed by atoms with Crippen LogP contribution in [0.15, 0.2) is 30.9 Å².